The summed E-state index contributed by atoms with van der Waals surface area (Å²) in [6.45, 7) is 0. The predicted octanol–water partition coefficient (Wildman–Crippen LogP) is 1.19. The molecule has 2 rings (SSSR count). The standard InChI is InChI=1S/C12H17FN2O4S2/c1-20(16,17)15-12-8-10(2-3-11(12)13)14-9-4-6-21(18,19)7-5-9/h2-3,8-9,14-15H,4-7H2,1H3. The minimum absolute atomic E-state index is 0.0231. The van der Waals surface area contributed by atoms with Crippen LogP contribution in [0.3, 0.4) is 0 Å². The van der Waals surface area contributed by atoms with Crippen LogP contribution < -0.4 is 10.0 Å². The molecule has 1 aromatic rings. The normalized spacial score (nSPS) is 19.1. The Hall–Kier alpha value is -1.35. The van der Waals surface area contributed by atoms with Gasteiger partial charge in [-0.05, 0) is 31.0 Å². The van der Waals surface area contributed by atoms with E-state index in [1.54, 1.807) is 0 Å². The molecule has 0 aliphatic carbocycles. The molecule has 1 aromatic carbocycles. The van der Waals surface area contributed by atoms with E-state index < -0.39 is 25.7 Å². The van der Waals surface area contributed by atoms with E-state index in [9.17, 15) is 21.2 Å². The Bertz CT molecular complexity index is 718. The highest BCUT2D eigenvalue weighted by Crippen LogP contribution is 2.23. The average molecular weight is 336 g/mol. The van der Waals surface area contributed by atoms with Gasteiger partial charge in [0.2, 0.25) is 10.0 Å². The molecular formula is C12H17FN2O4S2. The molecule has 0 unspecified atom stereocenters. The highest BCUT2D eigenvalue weighted by Gasteiger charge is 2.23. The van der Waals surface area contributed by atoms with Crippen molar-refractivity contribution in [2.45, 2.75) is 18.9 Å². The molecule has 21 heavy (non-hydrogen) atoms. The molecule has 0 amide bonds. The van der Waals surface area contributed by atoms with Gasteiger partial charge in [-0.2, -0.15) is 0 Å². The van der Waals surface area contributed by atoms with E-state index in [1.165, 1.54) is 12.1 Å². The molecule has 0 spiro atoms. The van der Waals surface area contributed by atoms with Crippen LogP contribution >= 0.6 is 0 Å². The molecular weight excluding hydrogens is 319 g/mol. The first kappa shape index (κ1) is 16.0. The fraction of sp³-hybridized carbons (Fsp3) is 0.500. The van der Waals surface area contributed by atoms with E-state index in [2.05, 4.69) is 10.0 Å². The number of hydrogen-bond donors (Lipinski definition) is 2. The van der Waals surface area contributed by atoms with Crippen LogP contribution in [0.4, 0.5) is 15.8 Å². The van der Waals surface area contributed by atoms with Gasteiger partial charge in [-0.15, -0.1) is 0 Å². The van der Waals surface area contributed by atoms with Gasteiger partial charge in [0, 0.05) is 11.7 Å². The lowest BCUT2D eigenvalue weighted by Crippen LogP contribution is -2.32. The molecule has 1 aliphatic rings. The van der Waals surface area contributed by atoms with E-state index in [4.69, 9.17) is 0 Å². The number of sulfone groups is 1. The van der Waals surface area contributed by atoms with Gasteiger partial charge in [0.1, 0.15) is 15.7 Å². The van der Waals surface area contributed by atoms with Gasteiger partial charge in [0.15, 0.2) is 0 Å². The molecule has 0 aromatic heterocycles. The predicted molar refractivity (Wildman–Crippen MR) is 80.2 cm³/mol. The van der Waals surface area contributed by atoms with Gasteiger partial charge in [-0.1, -0.05) is 0 Å². The van der Waals surface area contributed by atoms with Crippen molar-refractivity contribution in [2.75, 3.05) is 27.8 Å². The van der Waals surface area contributed by atoms with Crippen LogP contribution in [0.25, 0.3) is 0 Å². The fourth-order valence-electron chi connectivity index (χ4n) is 2.16. The number of sulfonamides is 1. The van der Waals surface area contributed by atoms with Gasteiger partial charge in [-0.25, -0.2) is 21.2 Å². The van der Waals surface area contributed by atoms with Crippen LogP contribution in [0, 0.1) is 5.82 Å². The van der Waals surface area contributed by atoms with Crippen molar-refractivity contribution in [3.63, 3.8) is 0 Å². The van der Waals surface area contributed by atoms with Gasteiger partial charge in [-0.3, -0.25) is 4.72 Å². The van der Waals surface area contributed by atoms with E-state index in [0.29, 0.717) is 18.5 Å². The lowest BCUT2D eigenvalue weighted by atomic mass is 10.1. The summed E-state index contributed by atoms with van der Waals surface area (Å²) in [7, 11) is -6.50. The maximum Gasteiger partial charge on any atom is 0.229 e. The number of halogens is 1. The van der Waals surface area contributed by atoms with Crippen molar-refractivity contribution < 1.29 is 21.2 Å². The summed E-state index contributed by atoms with van der Waals surface area (Å²) in [6, 6.07) is 3.99. The van der Waals surface area contributed by atoms with Crippen molar-refractivity contribution in [1.82, 2.24) is 0 Å². The minimum atomic E-state index is -3.56. The largest absolute Gasteiger partial charge is 0.382 e. The second-order valence-electron chi connectivity index (χ2n) is 5.14. The summed E-state index contributed by atoms with van der Waals surface area (Å²) in [5.74, 6) is -0.419. The SMILES string of the molecule is CS(=O)(=O)Nc1cc(NC2CCS(=O)(=O)CC2)ccc1F. The molecule has 2 N–H and O–H groups in total. The van der Waals surface area contributed by atoms with Crippen molar-refractivity contribution in [1.29, 1.82) is 0 Å². The number of hydrogen-bond acceptors (Lipinski definition) is 5. The van der Waals surface area contributed by atoms with E-state index in [1.807, 2.05) is 0 Å². The van der Waals surface area contributed by atoms with Gasteiger partial charge in [0.25, 0.3) is 0 Å². The molecule has 0 bridgehead atoms. The molecule has 9 heteroatoms. The third-order valence-electron chi connectivity index (χ3n) is 3.19. The first-order valence-electron chi connectivity index (χ1n) is 6.39. The Morgan fingerprint density at radius 3 is 2.43 bits per heavy atom. The van der Waals surface area contributed by atoms with Crippen LogP contribution in [0.5, 0.6) is 0 Å². The maximum absolute atomic E-state index is 13.5. The monoisotopic (exact) mass is 336 g/mol. The van der Waals surface area contributed by atoms with Gasteiger partial charge in [0.05, 0.1) is 23.4 Å². The van der Waals surface area contributed by atoms with E-state index >= 15 is 0 Å². The Kier molecular flexibility index (Phi) is 4.43. The highest BCUT2D eigenvalue weighted by atomic mass is 32.2. The average Bonchev–Trinajstić information content (AvgIpc) is 2.34. The molecule has 1 fully saturated rings. The first-order valence-corrected chi connectivity index (χ1v) is 10.1. The zero-order chi connectivity index (χ0) is 15.7. The Morgan fingerprint density at radius 2 is 1.86 bits per heavy atom. The van der Waals surface area contributed by atoms with E-state index in [0.717, 1.165) is 12.3 Å². The number of anilines is 2. The zero-order valence-corrected chi connectivity index (χ0v) is 13.1. The molecule has 6 nitrogen and oxygen atoms in total. The molecule has 1 heterocycles. The lowest BCUT2D eigenvalue weighted by Gasteiger charge is -2.24. The maximum atomic E-state index is 13.5. The van der Waals surface area contributed by atoms with Crippen LogP contribution in [0.1, 0.15) is 12.8 Å². The van der Waals surface area contributed by atoms with Crippen LogP contribution in [0.2, 0.25) is 0 Å². The molecule has 0 radical (unpaired) electrons. The molecule has 0 saturated carbocycles. The molecule has 1 aliphatic heterocycles. The van der Waals surface area contributed by atoms with Gasteiger partial charge >= 0.3 is 0 Å². The smallest absolute Gasteiger partial charge is 0.229 e. The summed E-state index contributed by atoms with van der Waals surface area (Å²) in [5.41, 5.74) is 0.415. The number of nitrogens with one attached hydrogen (secondary N) is 2. The molecule has 0 atom stereocenters. The fourth-order valence-corrected chi connectivity index (χ4v) is 4.21. The van der Waals surface area contributed by atoms with Crippen molar-refractivity contribution in [3.05, 3.63) is 24.0 Å². The summed E-state index contributed by atoms with van der Waals surface area (Å²) >= 11 is 0. The highest BCUT2D eigenvalue weighted by molar-refractivity contribution is 7.92. The zero-order valence-electron chi connectivity index (χ0n) is 11.5. The van der Waals surface area contributed by atoms with E-state index in [-0.39, 0.29) is 23.2 Å². The number of rotatable bonds is 4. The quantitative estimate of drug-likeness (QED) is 0.861. The van der Waals surface area contributed by atoms with Crippen LogP contribution in [-0.2, 0) is 19.9 Å². The van der Waals surface area contributed by atoms with Crippen LogP contribution in [0.15, 0.2) is 18.2 Å². The third kappa shape index (κ3) is 4.85. The summed E-state index contributed by atoms with van der Waals surface area (Å²) in [6.07, 6.45) is 1.90. The summed E-state index contributed by atoms with van der Waals surface area (Å²) in [5, 5.41) is 3.11. The number of benzene rings is 1. The second kappa shape index (κ2) is 5.80. The minimum Gasteiger partial charge on any atom is -0.382 e. The lowest BCUT2D eigenvalue weighted by molar-refractivity contribution is 0.559. The van der Waals surface area contributed by atoms with Gasteiger partial charge < -0.3 is 5.32 Å². The van der Waals surface area contributed by atoms with Crippen molar-refractivity contribution in [3.8, 4) is 0 Å². The molecule has 118 valence electrons. The Balaban J connectivity index is 2.09. The van der Waals surface area contributed by atoms with Crippen molar-refractivity contribution >= 4 is 31.2 Å². The first-order chi connectivity index (χ1) is 9.65. The summed E-state index contributed by atoms with van der Waals surface area (Å²) in [4.78, 5) is 0. The van der Waals surface area contributed by atoms with Crippen LogP contribution in [-0.4, -0.2) is 40.6 Å². The third-order valence-corrected chi connectivity index (χ3v) is 5.49. The Labute approximate surface area is 123 Å². The second-order valence-corrected chi connectivity index (χ2v) is 9.19. The molecule has 1 saturated heterocycles. The van der Waals surface area contributed by atoms with Crippen molar-refractivity contribution in [2.24, 2.45) is 0 Å². The summed E-state index contributed by atoms with van der Waals surface area (Å²) < 4.78 is 60.7. The topological polar surface area (TPSA) is 92.3 Å². The Morgan fingerprint density at radius 1 is 1.24 bits per heavy atom.